The summed E-state index contributed by atoms with van der Waals surface area (Å²) in [4.78, 5) is 43.2. The first-order valence-corrected chi connectivity index (χ1v) is 11.0. The number of benzene rings is 1. The maximum atomic E-state index is 13.1. The number of carbonyl (C=O) groups is 3. The summed E-state index contributed by atoms with van der Waals surface area (Å²) < 4.78 is 0. The highest BCUT2D eigenvalue weighted by Crippen LogP contribution is 2.08. The molecule has 8 N–H and O–H groups in total. The zero-order valence-electron chi connectivity index (χ0n) is 19.5. The Labute approximate surface area is 194 Å². The molecule has 33 heavy (non-hydrogen) atoms. The monoisotopic (exact) mass is 462 g/mol. The molecule has 1 aromatic carbocycles. The second-order valence-corrected chi connectivity index (χ2v) is 7.59. The topological polar surface area (TPSA) is 183 Å². The van der Waals surface area contributed by atoms with E-state index in [1.807, 2.05) is 13.8 Å². The van der Waals surface area contributed by atoms with E-state index in [2.05, 4.69) is 15.6 Å². The van der Waals surface area contributed by atoms with Crippen molar-refractivity contribution in [3.05, 3.63) is 29.8 Å². The SMILES string of the molecule is CCN(CC)C(=O)[C@H](Cc1ccc(B(O)O)cc1)NC(=O)[C@H](CCCN=C(N)N)NC(C)=O. The van der Waals surface area contributed by atoms with Crippen LogP contribution in [0.2, 0.25) is 0 Å². The lowest BCUT2D eigenvalue weighted by Crippen LogP contribution is -2.55. The first kappa shape index (κ1) is 27.9. The molecule has 0 heterocycles. The number of carbonyl (C=O) groups excluding carboxylic acids is 3. The van der Waals surface area contributed by atoms with Gasteiger partial charge in [-0.15, -0.1) is 0 Å². The van der Waals surface area contributed by atoms with E-state index in [-0.39, 0.29) is 30.6 Å². The predicted molar refractivity (Wildman–Crippen MR) is 127 cm³/mol. The van der Waals surface area contributed by atoms with Gasteiger partial charge in [0.25, 0.3) is 0 Å². The Morgan fingerprint density at radius 3 is 2.15 bits per heavy atom. The van der Waals surface area contributed by atoms with Gasteiger partial charge in [-0.1, -0.05) is 24.3 Å². The molecule has 11 nitrogen and oxygen atoms in total. The van der Waals surface area contributed by atoms with Crippen molar-refractivity contribution in [1.29, 1.82) is 0 Å². The van der Waals surface area contributed by atoms with Crippen molar-refractivity contribution in [1.82, 2.24) is 15.5 Å². The van der Waals surface area contributed by atoms with Crippen LogP contribution in [0.15, 0.2) is 29.3 Å². The van der Waals surface area contributed by atoms with Gasteiger partial charge in [0.15, 0.2) is 5.96 Å². The minimum Gasteiger partial charge on any atom is -0.423 e. The fourth-order valence-electron chi connectivity index (χ4n) is 3.31. The number of nitrogens with zero attached hydrogens (tertiary/aromatic N) is 2. The zero-order chi connectivity index (χ0) is 25.0. The number of aliphatic imine (C=N–C) groups is 1. The molecule has 0 aromatic heterocycles. The van der Waals surface area contributed by atoms with E-state index in [1.54, 1.807) is 29.2 Å². The normalized spacial score (nSPS) is 12.3. The number of nitrogens with two attached hydrogens (primary N) is 2. The van der Waals surface area contributed by atoms with Crippen LogP contribution < -0.4 is 27.6 Å². The minimum absolute atomic E-state index is 0.0554. The summed E-state index contributed by atoms with van der Waals surface area (Å²) in [6, 6.07) is 4.72. The van der Waals surface area contributed by atoms with Crippen LogP contribution in [0.5, 0.6) is 0 Å². The number of hydrogen-bond donors (Lipinski definition) is 6. The van der Waals surface area contributed by atoms with Gasteiger partial charge < -0.3 is 37.0 Å². The van der Waals surface area contributed by atoms with E-state index in [1.165, 1.54) is 6.92 Å². The van der Waals surface area contributed by atoms with Gasteiger partial charge in [-0.05, 0) is 37.7 Å². The van der Waals surface area contributed by atoms with E-state index in [0.717, 1.165) is 5.56 Å². The molecular formula is C21H35BN6O5. The van der Waals surface area contributed by atoms with Crippen LogP contribution >= 0.6 is 0 Å². The second kappa shape index (κ2) is 14.1. The Morgan fingerprint density at radius 1 is 1.06 bits per heavy atom. The molecular weight excluding hydrogens is 427 g/mol. The molecule has 0 aliphatic heterocycles. The highest BCUT2D eigenvalue weighted by Gasteiger charge is 2.28. The summed E-state index contributed by atoms with van der Waals surface area (Å²) in [5.74, 6) is -1.16. The van der Waals surface area contributed by atoms with Crippen molar-refractivity contribution in [2.24, 2.45) is 16.5 Å². The summed E-state index contributed by atoms with van der Waals surface area (Å²) in [5, 5.41) is 23.9. The Balaban J connectivity index is 3.03. The molecule has 0 saturated carbocycles. The highest BCUT2D eigenvalue weighted by atomic mass is 16.4. The fraction of sp³-hybridized carbons (Fsp3) is 0.524. The average Bonchev–Trinajstić information content (AvgIpc) is 2.76. The van der Waals surface area contributed by atoms with Crippen LogP contribution in [0, 0.1) is 0 Å². The average molecular weight is 462 g/mol. The van der Waals surface area contributed by atoms with Crippen molar-refractivity contribution in [2.45, 2.75) is 52.1 Å². The summed E-state index contributed by atoms with van der Waals surface area (Å²) in [6.07, 6.45) is 0.941. The van der Waals surface area contributed by atoms with Crippen molar-refractivity contribution in [3.8, 4) is 0 Å². The van der Waals surface area contributed by atoms with Crippen LogP contribution in [-0.4, -0.2) is 77.5 Å². The number of hydrogen-bond acceptors (Lipinski definition) is 6. The number of nitrogens with one attached hydrogen (secondary N) is 2. The molecule has 0 aliphatic rings. The lowest BCUT2D eigenvalue weighted by molar-refractivity contribution is -0.137. The third-order valence-electron chi connectivity index (χ3n) is 5.05. The molecule has 1 rings (SSSR count). The Morgan fingerprint density at radius 2 is 1.67 bits per heavy atom. The molecule has 0 spiro atoms. The lowest BCUT2D eigenvalue weighted by atomic mass is 9.80. The Hall–Kier alpha value is -3.12. The highest BCUT2D eigenvalue weighted by molar-refractivity contribution is 6.58. The van der Waals surface area contributed by atoms with Crippen LogP contribution in [0.3, 0.4) is 0 Å². The third-order valence-corrected chi connectivity index (χ3v) is 5.05. The Bertz CT molecular complexity index is 810. The first-order valence-electron chi connectivity index (χ1n) is 11.0. The largest absolute Gasteiger partial charge is 0.488 e. The summed E-state index contributed by atoms with van der Waals surface area (Å²) in [6.45, 7) is 6.27. The van der Waals surface area contributed by atoms with Gasteiger partial charge in [-0.2, -0.15) is 0 Å². The molecule has 0 fully saturated rings. The predicted octanol–water partition coefficient (Wildman–Crippen LogP) is -2.18. The molecule has 1 aromatic rings. The maximum Gasteiger partial charge on any atom is 0.488 e. The molecule has 0 aliphatic carbocycles. The minimum atomic E-state index is -1.59. The van der Waals surface area contributed by atoms with Gasteiger partial charge in [-0.25, -0.2) is 0 Å². The number of amides is 3. The van der Waals surface area contributed by atoms with E-state index in [9.17, 15) is 24.4 Å². The molecule has 0 bridgehead atoms. The van der Waals surface area contributed by atoms with Gasteiger partial charge in [-0.3, -0.25) is 19.4 Å². The third kappa shape index (κ3) is 9.92. The van der Waals surface area contributed by atoms with Gasteiger partial charge in [0.1, 0.15) is 12.1 Å². The molecule has 3 amide bonds. The van der Waals surface area contributed by atoms with Crippen LogP contribution in [0.1, 0.15) is 39.2 Å². The Kier molecular flexibility index (Phi) is 11.9. The van der Waals surface area contributed by atoms with Crippen LogP contribution in [0.25, 0.3) is 0 Å². The van der Waals surface area contributed by atoms with Crippen molar-refractivity contribution in [3.63, 3.8) is 0 Å². The molecule has 0 unspecified atom stereocenters. The van der Waals surface area contributed by atoms with Crippen molar-refractivity contribution in [2.75, 3.05) is 19.6 Å². The molecule has 0 saturated heterocycles. The summed E-state index contributed by atoms with van der Waals surface area (Å²) >= 11 is 0. The smallest absolute Gasteiger partial charge is 0.423 e. The standard InChI is InChI=1S/C21H35BN6O5/c1-4-28(5-2)20(31)18(13-15-8-10-16(11-9-15)22(32)33)27-19(30)17(26-14(3)29)7-6-12-25-21(23)24/h8-11,17-18,32-33H,4-7,12-13H2,1-3H3,(H,26,29)(H,27,30)(H4,23,24,25)/t17-,18-/m0/s1. The van der Waals surface area contributed by atoms with Crippen LogP contribution in [0.4, 0.5) is 0 Å². The molecule has 182 valence electrons. The van der Waals surface area contributed by atoms with E-state index in [0.29, 0.717) is 31.5 Å². The van der Waals surface area contributed by atoms with Crippen LogP contribution in [-0.2, 0) is 20.8 Å². The van der Waals surface area contributed by atoms with E-state index in [4.69, 9.17) is 11.5 Å². The molecule has 12 heteroatoms. The first-order chi connectivity index (χ1) is 15.6. The van der Waals surface area contributed by atoms with E-state index < -0.39 is 25.1 Å². The zero-order valence-corrected chi connectivity index (χ0v) is 19.5. The van der Waals surface area contributed by atoms with Gasteiger partial charge in [0.05, 0.1) is 0 Å². The second-order valence-electron chi connectivity index (χ2n) is 7.59. The van der Waals surface area contributed by atoms with Gasteiger partial charge >= 0.3 is 7.12 Å². The quantitative estimate of drug-likeness (QED) is 0.0833. The molecule has 0 radical (unpaired) electrons. The van der Waals surface area contributed by atoms with Crippen molar-refractivity contribution >= 4 is 36.3 Å². The lowest BCUT2D eigenvalue weighted by Gasteiger charge is -2.27. The number of rotatable bonds is 13. The van der Waals surface area contributed by atoms with Gasteiger partial charge in [0.2, 0.25) is 17.7 Å². The summed E-state index contributed by atoms with van der Waals surface area (Å²) in [7, 11) is -1.59. The van der Waals surface area contributed by atoms with E-state index >= 15 is 0 Å². The maximum absolute atomic E-state index is 13.1. The summed E-state index contributed by atoms with van der Waals surface area (Å²) in [5.41, 5.74) is 11.7. The fourth-order valence-corrected chi connectivity index (χ4v) is 3.31. The number of likely N-dealkylation sites (N-methyl/N-ethyl adjacent to an activating group) is 1. The number of guanidine groups is 1. The van der Waals surface area contributed by atoms with Crippen molar-refractivity contribution < 1.29 is 24.4 Å². The molecule has 2 atom stereocenters. The van der Waals surface area contributed by atoms with Gasteiger partial charge in [0, 0.05) is 33.0 Å².